The number of imidazole rings is 1. The van der Waals surface area contributed by atoms with Crippen molar-refractivity contribution in [3.8, 4) is 5.69 Å². The molecular weight excluding hydrogens is 675 g/mol. The zero-order valence-electron chi connectivity index (χ0n) is 27.2. The third-order valence-corrected chi connectivity index (χ3v) is 12.5. The standard InChI is InChI=1S/C32H39N7O8S2/c1-32(2)28(29(34)42)39(26(48-32)11-12-27(40)41,49(44,45)24-5-3-14-35-21-24)23-9-7-22(8-10-23)38-30-25(6-4-15-36-30)37(31(38)43)16-18-47-20-19-46-17-13-33/h3-10,14-15,21,26,28H,11-13,16-20,33H2,1-2H3,(H2-,34,40,41,42)/p+1/t26?,28-,39+/m1/s1. The minimum atomic E-state index is -4.51. The topological polar surface area (TPSA) is 212 Å². The molecule has 0 aliphatic carbocycles. The van der Waals surface area contributed by atoms with E-state index in [0.717, 1.165) is 0 Å². The highest BCUT2D eigenvalue weighted by Crippen LogP contribution is 2.56. The molecule has 4 heterocycles. The smallest absolute Gasteiger partial charge is 0.335 e. The van der Waals surface area contributed by atoms with Crippen molar-refractivity contribution in [2.75, 3.05) is 33.0 Å². The van der Waals surface area contributed by atoms with Crippen molar-refractivity contribution in [2.24, 2.45) is 11.5 Å². The first-order valence-electron chi connectivity index (χ1n) is 15.6. The van der Waals surface area contributed by atoms with E-state index >= 15 is 0 Å². The molecule has 0 bridgehead atoms. The molecule has 1 aliphatic heterocycles. The van der Waals surface area contributed by atoms with Crippen molar-refractivity contribution in [1.29, 1.82) is 0 Å². The number of carbonyl (C=O) groups excluding carboxylic acids is 1. The Morgan fingerprint density at radius 1 is 1.04 bits per heavy atom. The number of carboxylic acid groups (broad SMARTS) is 1. The number of sulfonamides is 1. The van der Waals surface area contributed by atoms with E-state index in [2.05, 4.69) is 9.97 Å². The maximum atomic E-state index is 14.9. The van der Waals surface area contributed by atoms with Crippen LogP contribution >= 0.6 is 11.8 Å². The summed E-state index contributed by atoms with van der Waals surface area (Å²) in [4.78, 5) is 47.3. The molecule has 262 valence electrons. The predicted octanol–water partition coefficient (Wildman–Crippen LogP) is 1.84. The Morgan fingerprint density at radius 3 is 2.37 bits per heavy atom. The van der Waals surface area contributed by atoms with Gasteiger partial charge in [-0.25, -0.2) is 14.3 Å². The fourth-order valence-corrected chi connectivity index (χ4v) is 11.0. The summed E-state index contributed by atoms with van der Waals surface area (Å²) >= 11 is 1.21. The van der Waals surface area contributed by atoms with Crippen LogP contribution in [0.3, 0.4) is 0 Å². The van der Waals surface area contributed by atoms with Crippen molar-refractivity contribution in [1.82, 2.24) is 23.0 Å². The molecule has 3 aromatic heterocycles. The lowest BCUT2D eigenvalue weighted by atomic mass is 9.99. The first-order chi connectivity index (χ1) is 23.4. The Labute approximate surface area is 287 Å². The molecule has 1 unspecified atom stereocenters. The van der Waals surface area contributed by atoms with Gasteiger partial charge in [0.25, 0.3) is 5.91 Å². The average molecular weight is 715 g/mol. The minimum absolute atomic E-state index is 0.0768. The van der Waals surface area contributed by atoms with Gasteiger partial charge >= 0.3 is 21.7 Å². The molecule has 5 rings (SSSR count). The van der Waals surface area contributed by atoms with Crippen molar-refractivity contribution < 1.29 is 32.6 Å². The summed E-state index contributed by atoms with van der Waals surface area (Å²) in [5.41, 5.74) is 12.6. The summed E-state index contributed by atoms with van der Waals surface area (Å²) in [5.74, 6) is -1.97. The number of hydrogen-bond acceptors (Lipinski definition) is 11. The van der Waals surface area contributed by atoms with Crippen LogP contribution in [0.5, 0.6) is 0 Å². The number of ether oxygens (including phenoxy) is 2. The second-order valence-corrected chi connectivity index (χ2v) is 15.8. The van der Waals surface area contributed by atoms with Crippen LogP contribution in [0.2, 0.25) is 0 Å². The number of aromatic nitrogens is 4. The number of pyridine rings is 2. The molecule has 0 saturated carbocycles. The van der Waals surface area contributed by atoms with E-state index in [1.165, 1.54) is 53.0 Å². The SMILES string of the molecule is CC1(C)SC(CCC(=O)O)[N@+](c2ccc(-n3c(=O)n(CCOCCOCCN)c4cccnc43)cc2)(S(=O)(=O)c2cccnc2)[C@@H]1C(N)=O. The number of aliphatic carboxylic acids is 1. The van der Waals surface area contributed by atoms with Gasteiger partial charge in [0.2, 0.25) is 6.04 Å². The fraction of sp³-hybridized carbons (Fsp3) is 0.406. The Kier molecular flexibility index (Phi) is 10.9. The van der Waals surface area contributed by atoms with Gasteiger partial charge in [0.05, 0.1) is 61.5 Å². The number of thioether (sulfide) groups is 1. The molecule has 0 spiro atoms. The number of benzene rings is 1. The molecule has 5 N–H and O–H groups in total. The zero-order valence-corrected chi connectivity index (χ0v) is 28.8. The fourth-order valence-electron chi connectivity index (χ4n) is 6.50. The van der Waals surface area contributed by atoms with Gasteiger partial charge in [0.15, 0.2) is 11.0 Å². The van der Waals surface area contributed by atoms with Gasteiger partial charge in [0.1, 0.15) is 10.6 Å². The number of nitrogens with two attached hydrogens (primary N) is 2. The predicted molar refractivity (Wildman–Crippen MR) is 185 cm³/mol. The average Bonchev–Trinajstić information content (AvgIpc) is 3.50. The van der Waals surface area contributed by atoms with E-state index in [1.807, 2.05) is 0 Å². The third kappa shape index (κ3) is 6.73. The van der Waals surface area contributed by atoms with Crippen LogP contribution in [0.4, 0.5) is 5.69 Å². The van der Waals surface area contributed by atoms with E-state index in [0.29, 0.717) is 43.2 Å². The minimum Gasteiger partial charge on any atom is -0.481 e. The van der Waals surface area contributed by atoms with Crippen LogP contribution in [-0.2, 0) is 35.6 Å². The van der Waals surface area contributed by atoms with E-state index in [9.17, 15) is 27.9 Å². The van der Waals surface area contributed by atoms with Crippen molar-refractivity contribution in [3.63, 3.8) is 0 Å². The van der Waals surface area contributed by atoms with Crippen LogP contribution in [0, 0.1) is 0 Å². The van der Waals surface area contributed by atoms with Crippen LogP contribution in [0.1, 0.15) is 26.7 Å². The van der Waals surface area contributed by atoms with Crippen molar-refractivity contribution in [2.45, 2.75) is 54.3 Å². The summed E-state index contributed by atoms with van der Waals surface area (Å²) in [5, 5.41) is 8.67. The highest BCUT2D eigenvalue weighted by Gasteiger charge is 2.70. The summed E-state index contributed by atoms with van der Waals surface area (Å²) in [6, 6.07) is 11.3. The number of amides is 1. The van der Waals surface area contributed by atoms with Crippen molar-refractivity contribution >= 4 is 50.5 Å². The van der Waals surface area contributed by atoms with Crippen molar-refractivity contribution in [3.05, 3.63) is 77.6 Å². The lowest BCUT2D eigenvalue weighted by Crippen LogP contribution is -2.68. The van der Waals surface area contributed by atoms with Crippen LogP contribution in [0.25, 0.3) is 16.9 Å². The molecule has 4 aromatic rings. The molecule has 15 nitrogen and oxygen atoms in total. The maximum Gasteiger partial charge on any atom is 0.335 e. The highest BCUT2D eigenvalue weighted by atomic mass is 32.2. The van der Waals surface area contributed by atoms with E-state index in [1.54, 1.807) is 48.9 Å². The number of primary amides is 1. The number of nitrogens with zero attached hydrogens (tertiary/aromatic N) is 5. The number of quaternary nitrogens is 1. The van der Waals surface area contributed by atoms with Gasteiger partial charge in [-0.3, -0.25) is 19.1 Å². The molecule has 49 heavy (non-hydrogen) atoms. The number of hydrogen-bond donors (Lipinski definition) is 3. The van der Waals surface area contributed by atoms with Gasteiger partial charge in [-0.05, 0) is 50.2 Å². The number of rotatable bonds is 16. The summed E-state index contributed by atoms with van der Waals surface area (Å²) < 4.78 is 41.7. The van der Waals surface area contributed by atoms with Gasteiger partial charge in [-0.2, -0.15) is 12.3 Å². The number of fused-ring (bicyclic) bond motifs is 1. The van der Waals surface area contributed by atoms with Gasteiger partial charge in [-0.1, -0.05) is 11.8 Å². The maximum absolute atomic E-state index is 14.9. The molecule has 3 atom stereocenters. The van der Waals surface area contributed by atoms with Gasteiger partial charge < -0.3 is 26.0 Å². The molecule has 1 saturated heterocycles. The monoisotopic (exact) mass is 714 g/mol. The molecule has 1 amide bonds. The summed E-state index contributed by atoms with van der Waals surface area (Å²) in [7, 11) is -4.51. The number of carbonyl (C=O) groups is 2. The van der Waals surface area contributed by atoms with Crippen LogP contribution < -0.4 is 21.0 Å². The van der Waals surface area contributed by atoms with Gasteiger partial charge in [-0.15, -0.1) is 0 Å². The lowest BCUT2D eigenvalue weighted by Gasteiger charge is -2.41. The van der Waals surface area contributed by atoms with E-state index < -0.39 is 42.0 Å². The second kappa shape index (κ2) is 14.8. The molecule has 1 aromatic carbocycles. The largest absolute Gasteiger partial charge is 0.481 e. The summed E-state index contributed by atoms with van der Waals surface area (Å²) in [6.07, 6.45) is 3.78. The first kappa shape index (κ1) is 36.2. The summed E-state index contributed by atoms with van der Waals surface area (Å²) in [6.45, 7) is 5.49. The van der Waals surface area contributed by atoms with Gasteiger partial charge in [0, 0.05) is 37.5 Å². The molecule has 1 fully saturated rings. The normalized spacial score (nSPS) is 20.5. The highest BCUT2D eigenvalue weighted by molar-refractivity contribution is 8.03. The Morgan fingerprint density at radius 2 is 1.73 bits per heavy atom. The number of carboxylic acids is 1. The Balaban J connectivity index is 1.62. The van der Waals surface area contributed by atoms with Crippen LogP contribution in [-0.4, -0.2) is 93.6 Å². The lowest BCUT2D eigenvalue weighted by molar-refractivity contribution is -0.137. The molecule has 17 heteroatoms. The first-order valence-corrected chi connectivity index (χ1v) is 17.9. The Bertz CT molecular complexity index is 1970. The van der Waals surface area contributed by atoms with E-state index in [-0.39, 0.29) is 42.3 Å². The molecule has 1 aliphatic rings. The van der Waals surface area contributed by atoms with E-state index in [4.69, 9.17) is 20.9 Å². The Hall–Kier alpha value is -4.13. The second-order valence-electron chi connectivity index (χ2n) is 11.9. The zero-order chi connectivity index (χ0) is 35.4. The molecular formula is C32H40N7O8S2+. The van der Waals surface area contributed by atoms with Crippen LogP contribution in [0.15, 0.2) is 76.8 Å². The third-order valence-electron chi connectivity index (χ3n) is 8.41. The molecule has 0 radical (unpaired) electrons. The quantitative estimate of drug-likeness (QED) is 0.112.